The lowest BCUT2D eigenvalue weighted by Crippen LogP contribution is -2.51. The van der Waals surface area contributed by atoms with Crippen molar-refractivity contribution < 1.29 is 14.1 Å². The highest BCUT2D eigenvalue weighted by atomic mass is 16.5. The Morgan fingerprint density at radius 1 is 1.33 bits per heavy atom. The maximum Gasteiger partial charge on any atom is 0.274 e. The first kappa shape index (κ1) is 16.7. The van der Waals surface area contributed by atoms with Gasteiger partial charge in [-0.05, 0) is 68.4 Å². The van der Waals surface area contributed by atoms with E-state index in [1.165, 1.54) is 31.2 Å². The number of pyridine rings is 1. The molecule has 7 heteroatoms. The van der Waals surface area contributed by atoms with E-state index in [1.54, 1.807) is 6.92 Å². The number of carbonyl (C=O) groups is 1. The van der Waals surface area contributed by atoms with Crippen molar-refractivity contribution in [2.75, 3.05) is 6.61 Å². The molecule has 27 heavy (non-hydrogen) atoms. The molecule has 1 N–H and O–H groups in total. The molecule has 3 saturated carbocycles. The first-order valence-corrected chi connectivity index (χ1v) is 9.89. The van der Waals surface area contributed by atoms with Gasteiger partial charge in [-0.2, -0.15) is 4.98 Å². The molecule has 0 spiro atoms. The number of aryl methyl sites for hydroxylation is 1. The predicted molar refractivity (Wildman–Crippen MR) is 96.5 cm³/mol. The van der Waals surface area contributed by atoms with E-state index >= 15 is 0 Å². The van der Waals surface area contributed by atoms with Crippen LogP contribution in [0.4, 0.5) is 0 Å². The number of carbonyl (C=O) groups excluding carboxylic acids is 1. The minimum absolute atomic E-state index is 0.231. The summed E-state index contributed by atoms with van der Waals surface area (Å²) in [6, 6.07) is 2.01. The van der Waals surface area contributed by atoms with Crippen molar-refractivity contribution in [3.8, 4) is 5.75 Å². The van der Waals surface area contributed by atoms with Crippen LogP contribution in [0.3, 0.4) is 0 Å². The number of hydrogen-bond acceptors (Lipinski definition) is 6. The number of aromatic nitrogens is 3. The molecule has 142 valence electrons. The quantitative estimate of drug-likeness (QED) is 0.807. The molecule has 0 aliphatic heterocycles. The van der Waals surface area contributed by atoms with Crippen LogP contribution in [0, 0.1) is 12.8 Å². The van der Waals surface area contributed by atoms with Crippen LogP contribution in [-0.2, 0) is 5.54 Å². The highest BCUT2D eigenvalue weighted by Crippen LogP contribution is 2.42. The molecule has 5 rings (SSSR count). The van der Waals surface area contributed by atoms with Crippen LogP contribution in [0.5, 0.6) is 5.75 Å². The molecule has 3 fully saturated rings. The number of rotatable bonds is 7. The number of nitrogens with zero attached hydrogens (tertiary/aromatic N) is 3. The zero-order valence-electron chi connectivity index (χ0n) is 15.5. The van der Waals surface area contributed by atoms with Gasteiger partial charge in [0.1, 0.15) is 5.54 Å². The maximum absolute atomic E-state index is 13.1. The normalized spacial score (nSPS) is 20.8. The Balaban J connectivity index is 1.39. The molecule has 3 aliphatic carbocycles. The minimum atomic E-state index is -0.556. The third-order valence-electron chi connectivity index (χ3n) is 5.82. The Labute approximate surface area is 157 Å². The van der Waals surface area contributed by atoms with Gasteiger partial charge in [-0.15, -0.1) is 0 Å². The zero-order chi connectivity index (χ0) is 18.4. The average Bonchev–Trinajstić information content (AvgIpc) is 3.55. The standard InChI is InChI=1S/C20H24N4O3/c1-12-22-19(24-27-12)20(7-2-8-20)23-18(25)17-16(26-11-13-3-4-13)9-15(10-21-17)14-5-6-14/h9-10,13-14H,2-8,11H2,1H3,(H,23,25). The van der Waals surface area contributed by atoms with Crippen molar-refractivity contribution in [2.24, 2.45) is 5.92 Å². The molecule has 2 heterocycles. The van der Waals surface area contributed by atoms with E-state index in [1.807, 2.05) is 12.3 Å². The maximum atomic E-state index is 13.1. The van der Waals surface area contributed by atoms with Crippen LogP contribution in [0.25, 0.3) is 0 Å². The zero-order valence-corrected chi connectivity index (χ0v) is 15.5. The van der Waals surface area contributed by atoms with Crippen LogP contribution >= 0.6 is 0 Å². The lowest BCUT2D eigenvalue weighted by Gasteiger charge is -2.39. The second kappa shape index (κ2) is 6.32. The molecule has 0 radical (unpaired) electrons. The lowest BCUT2D eigenvalue weighted by atomic mass is 9.76. The monoisotopic (exact) mass is 368 g/mol. The van der Waals surface area contributed by atoms with E-state index in [2.05, 4.69) is 20.4 Å². The second-order valence-electron chi connectivity index (χ2n) is 8.17. The first-order chi connectivity index (χ1) is 13.1. The summed E-state index contributed by atoms with van der Waals surface area (Å²) in [5.74, 6) is 2.61. The van der Waals surface area contributed by atoms with Crippen molar-refractivity contribution in [2.45, 2.75) is 63.3 Å². The van der Waals surface area contributed by atoms with Crippen LogP contribution < -0.4 is 10.1 Å². The van der Waals surface area contributed by atoms with Gasteiger partial charge >= 0.3 is 0 Å². The number of ether oxygens (including phenoxy) is 1. The highest BCUT2D eigenvalue weighted by Gasteiger charge is 2.45. The summed E-state index contributed by atoms with van der Waals surface area (Å²) < 4.78 is 11.1. The van der Waals surface area contributed by atoms with Gasteiger partial charge in [-0.25, -0.2) is 4.98 Å². The number of amides is 1. The van der Waals surface area contributed by atoms with Gasteiger partial charge in [0.15, 0.2) is 17.3 Å². The van der Waals surface area contributed by atoms with Crippen LogP contribution in [0.15, 0.2) is 16.8 Å². The van der Waals surface area contributed by atoms with E-state index in [0.717, 1.165) is 19.3 Å². The SMILES string of the molecule is Cc1nc(C2(NC(=O)c3ncc(C4CC4)cc3OCC3CC3)CCC2)no1. The van der Waals surface area contributed by atoms with Crippen molar-refractivity contribution in [1.82, 2.24) is 20.4 Å². The van der Waals surface area contributed by atoms with Gasteiger partial charge in [0.25, 0.3) is 5.91 Å². The third kappa shape index (κ3) is 3.31. The van der Waals surface area contributed by atoms with Gasteiger partial charge in [0, 0.05) is 13.1 Å². The number of hydrogen-bond donors (Lipinski definition) is 1. The van der Waals surface area contributed by atoms with E-state index in [-0.39, 0.29) is 5.91 Å². The average molecular weight is 368 g/mol. The second-order valence-corrected chi connectivity index (χ2v) is 8.17. The smallest absolute Gasteiger partial charge is 0.274 e. The minimum Gasteiger partial charge on any atom is -0.491 e. The Morgan fingerprint density at radius 2 is 2.15 bits per heavy atom. The molecule has 3 aliphatic rings. The Kier molecular flexibility index (Phi) is 3.91. The predicted octanol–water partition coefficient (Wildman–Crippen LogP) is 3.25. The van der Waals surface area contributed by atoms with Crippen LogP contribution in [-0.4, -0.2) is 27.6 Å². The molecule has 2 aromatic rings. The van der Waals surface area contributed by atoms with Crippen LogP contribution in [0.2, 0.25) is 0 Å². The molecule has 0 unspecified atom stereocenters. The largest absolute Gasteiger partial charge is 0.491 e. The summed E-state index contributed by atoms with van der Waals surface area (Å²) in [6.45, 7) is 2.41. The van der Waals surface area contributed by atoms with Gasteiger partial charge in [0.2, 0.25) is 5.89 Å². The molecule has 0 saturated heterocycles. The summed E-state index contributed by atoms with van der Waals surface area (Å²) in [7, 11) is 0. The van der Waals surface area contributed by atoms with E-state index in [9.17, 15) is 4.79 Å². The van der Waals surface area contributed by atoms with Crippen molar-refractivity contribution >= 4 is 5.91 Å². The van der Waals surface area contributed by atoms with Crippen molar-refractivity contribution in [3.63, 3.8) is 0 Å². The van der Waals surface area contributed by atoms with Gasteiger partial charge < -0.3 is 14.6 Å². The van der Waals surface area contributed by atoms with E-state index < -0.39 is 5.54 Å². The van der Waals surface area contributed by atoms with E-state index in [4.69, 9.17) is 9.26 Å². The Morgan fingerprint density at radius 3 is 2.74 bits per heavy atom. The molecular formula is C20H24N4O3. The molecule has 1 amide bonds. The summed E-state index contributed by atoms with van der Waals surface area (Å²) in [6.07, 6.45) is 9.24. The summed E-state index contributed by atoms with van der Waals surface area (Å²) in [4.78, 5) is 21.9. The summed E-state index contributed by atoms with van der Waals surface area (Å²) in [5, 5.41) is 7.16. The van der Waals surface area contributed by atoms with Crippen molar-refractivity contribution in [3.05, 3.63) is 35.2 Å². The highest BCUT2D eigenvalue weighted by molar-refractivity contribution is 5.95. The fraction of sp³-hybridized carbons (Fsp3) is 0.600. The van der Waals surface area contributed by atoms with E-state index in [0.29, 0.717) is 41.6 Å². The van der Waals surface area contributed by atoms with Gasteiger partial charge in [-0.3, -0.25) is 4.79 Å². The molecule has 7 nitrogen and oxygen atoms in total. The van der Waals surface area contributed by atoms with Gasteiger partial charge in [-0.1, -0.05) is 5.16 Å². The summed E-state index contributed by atoms with van der Waals surface area (Å²) >= 11 is 0. The van der Waals surface area contributed by atoms with Crippen molar-refractivity contribution in [1.29, 1.82) is 0 Å². The fourth-order valence-corrected chi connectivity index (χ4v) is 3.58. The van der Waals surface area contributed by atoms with Crippen LogP contribution in [0.1, 0.15) is 78.6 Å². The molecule has 0 bridgehead atoms. The first-order valence-electron chi connectivity index (χ1n) is 9.89. The topological polar surface area (TPSA) is 90.1 Å². The molecule has 0 aromatic carbocycles. The lowest BCUT2D eigenvalue weighted by molar-refractivity contribution is 0.0795. The third-order valence-corrected chi connectivity index (χ3v) is 5.82. The Hall–Kier alpha value is -2.44. The Bertz CT molecular complexity index is 866. The fourth-order valence-electron chi connectivity index (χ4n) is 3.58. The van der Waals surface area contributed by atoms with Gasteiger partial charge in [0.05, 0.1) is 6.61 Å². The number of nitrogens with one attached hydrogen (secondary N) is 1. The molecular weight excluding hydrogens is 344 g/mol. The molecule has 2 aromatic heterocycles. The summed E-state index contributed by atoms with van der Waals surface area (Å²) in [5.41, 5.74) is 0.968. The molecule has 0 atom stereocenters.